The van der Waals surface area contributed by atoms with Gasteiger partial charge < -0.3 is 15.2 Å². The van der Waals surface area contributed by atoms with Gasteiger partial charge >= 0.3 is 0 Å². The molecule has 0 aliphatic heterocycles. The van der Waals surface area contributed by atoms with Crippen LogP contribution in [0.4, 0.5) is 11.8 Å². The summed E-state index contributed by atoms with van der Waals surface area (Å²) >= 11 is 0. The van der Waals surface area contributed by atoms with Crippen molar-refractivity contribution in [3.63, 3.8) is 0 Å². The predicted molar refractivity (Wildman–Crippen MR) is 72.0 cm³/mol. The zero-order valence-corrected chi connectivity index (χ0v) is 11.2. The normalized spacial score (nSPS) is 10.4. The van der Waals surface area contributed by atoms with E-state index in [0.717, 1.165) is 24.3 Å². The first kappa shape index (κ1) is 13.3. The van der Waals surface area contributed by atoms with Gasteiger partial charge in [0, 0.05) is 31.3 Å². The predicted octanol–water partition coefficient (Wildman–Crippen LogP) is 1.64. The van der Waals surface area contributed by atoms with Gasteiger partial charge in [-0.05, 0) is 13.3 Å². The van der Waals surface area contributed by atoms with Crippen molar-refractivity contribution in [2.75, 3.05) is 23.7 Å². The molecule has 0 atom stereocenters. The zero-order valence-electron chi connectivity index (χ0n) is 11.2. The highest BCUT2D eigenvalue weighted by Crippen LogP contribution is 2.12. The van der Waals surface area contributed by atoms with Crippen LogP contribution in [0.25, 0.3) is 0 Å². The van der Waals surface area contributed by atoms with Gasteiger partial charge in [0.25, 0.3) is 0 Å². The van der Waals surface area contributed by atoms with E-state index in [2.05, 4.69) is 37.7 Å². The fraction of sp³-hybridized carbons (Fsp3) is 0.500. The van der Waals surface area contributed by atoms with E-state index >= 15 is 0 Å². The van der Waals surface area contributed by atoms with Gasteiger partial charge in [-0.1, -0.05) is 12.1 Å². The Morgan fingerprint density at radius 3 is 2.84 bits per heavy atom. The standard InChI is InChI=1S/C12H18N6O/c1-3-5-14-12-15-7-9(2)11(18-12)13-6-4-10-16-8-17-19-10/h7-8H,3-6H2,1-2H3,(H2,13,14,15,18). The maximum absolute atomic E-state index is 4.93. The summed E-state index contributed by atoms with van der Waals surface area (Å²) in [6, 6.07) is 0. The van der Waals surface area contributed by atoms with Gasteiger partial charge in [0.1, 0.15) is 5.82 Å². The lowest BCUT2D eigenvalue weighted by molar-refractivity contribution is 0.379. The third-order valence-electron chi connectivity index (χ3n) is 2.54. The lowest BCUT2D eigenvalue weighted by atomic mass is 10.3. The molecule has 2 aromatic rings. The van der Waals surface area contributed by atoms with Gasteiger partial charge in [0.05, 0.1) is 0 Å². The number of anilines is 2. The van der Waals surface area contributed by atoms with Crippen LogP contribution in [0.1, 0.15) is 24.8 Å². The molecule has 7 nitrogen and oxygen atoms in total. The van der Waals surface area contributed by atoms with E-state index in [9.17, 15) is 0 Å². The van der Waals surface area contributed by atoms with Gasteiger partial charge in [0.2, 0.25) is 11.8 Å². The van der Waals surface area contributed by atoms with Gasteiger partial charge in [-0.3, -0.25) is 0 Å². The van der Waals surface area contributed by atoms with Crippen molar-refractivity contribution in [3.05, 3.63) is 24.0 Å². The van der Waals surface area contributed by atoms with Crippen LogP contribution >= 0.6 is 0 Å². The Morgan fingerprint density at radius 2 is 2.11 bits per heavy atom. The monoisotopic (exact) mass is 262 g/mol. The van der Waals surface area contributed by atoms with Crippen molar-refractivity contribution in [3.8, 4) is 0 Å². The first-order valence-corrected chi connectivity index (χ1v) is 6.36. The summed E-state index contributed by atoms with van der Waals surface area (Å²) < 4.78 is 4.93. The molecule has 0 radical (unpaired) electrons. The van der Waals surface area contributed by atoms with Crippen LogP contribution in [0.5, 0.6) is 0 Å². The Morgan fingerprint density at radius 1 is 1.21 bits per heavy atom. The minimum Gasteiger partial charge on any atom is -0.369 e. The number of rotatable bonds is 7. The molecule has 2 rings (SSSR count). The summed E-state index contributed by atoms with van der Waals surface area (Å²) in [4.78, 5) is 12.6. The van der Waals surface area contributed by atoms with E-state index < -0.39 is 0 Å². The van der Waals surface area contributed by atoms with Crippen LogP contribution in [0.15, 0.2) is 17.0 Å². The molecule has 0 bridgehead atoms. The highest BCUT2D eigenvalue weighted by Gasteiger charge is 2.04. The Hall–Kier alpha value is -2.18. The summed E-state index contributed by atoms with van der Waals surface area (Å²) in [6.07, 6.45) is 4.91. The molecule has 0 aromatic carbocycles. The second kappa shape index (κ2) is 6.67. The maximum atomic E-state index is 4.93. The molecule has 0 aliphatic rings. The molecular formula is C12H18N6O. The number of aromatic nitrogens is 4. The van der Waals surface area contributed by atoms with Crippen LogP contribution < -0.4 is 10.6 Å². The lowest BCUT2D eigenvalue weighted by Crippen LogP contribution is -2.11. The van der Waals surface area contributed by atoms with Crippen LogP contribution in [0.3, 0.4) is 0 Å². The second-order valence-electron chi connectivity index (χ2n) is 4.16. The summed E-state index contributed by atoms with van der Waals surface area (Å²) in [5.74, 6) is 2.09. The number of hydrogen-bond acceptors (Lipinski definition) is 7. The zero-order chi connectivity index (χ0) is 13.5. The number of nitrogens with zero attached hydrogens (tertiary/aromatic N) is 4. The van der Waals surface area contributed by atoms with Gasteiger partial charge in [-0.25, -0.2) is 4.98 Å². The van der Waals surface area contributed by atoms with E-state index in [0.29, 0.717) is 24.8 Å². The van der Waals surface area contributed by atoms with Crippen LogP contribution in [0.2, 0.25) is 0 Å². The van der Waals surface area contributed by atoms with E-state index in [1.165, 1.54) is 6.33 Å². The minimum absolute atomic E-state index is 0.614. The quantitative estimate of drug-likeness (QED) is 0.784. The molecule has 102 valence electrons. The van der Waals surface area contributed by atoms with Crippen molar-refractivity contribution in [2.45, 2.75) is 26.7 Å². The van der Waals surface area contributed by atoms with Crippen molar-refractivity contribution in [2.24, 2.45) is 0 Å². The summed E-state index contributed by atoms with van der Waals surface area (Å²) in [5.41, 5.74) is 1.01. The van der Waals surface area contributed by atoms with Crippen LogP contribution in [-0.4, -0.2) is 33.2 Å². The fourth-order valence-corrected chi connectivity index (χ4v) is 1.54. The smallest absolute Gasteiger partial charge is 0.228 e. The largest absolute Gasteiger partial charge is 0.369 e. The number of nitrogens with one attached hydrogen (secondary N) is 2. The van der Waals surface area contributed by atoms with Crippen LogP contribution in [0, 0.1) is 6.92 Å². The Labute approximate surface area is 111 Å². The van der Waals surface area contributed by atoms with Crippen molar-refractivity contribution >= 4 is 11.8 Å². The molecule has 2 N–H and O–H groups in total. The summed E-state index contributed by atoms with van der Waals surface area (Å²) in [6.45, 7) is 5.63. The van der Waals surface area contributed by atoms with Gasteiger partial charge in [0.15, 0.2) is 6.33 Å². The Bertz CT molecular complexity index is 499. The molecular weight excluding hydrogens is 244 g/mol. The average Bonchev–Trinajstić information content (AvgIpc) is 2.92. The minimum atomic E-state index is 0.614. The van der Waals surface area contributed by atoms with Crippen molar-refractivity contribution in [1.29, 1.82) is 0 Å². The topological polar surface area (TPSA) is 88.8 Å². The molecule has 0 saturated heterocycles. The lowest BCUT2D eigenvalue weighted by Gasteiger charge is -2.09. The fourth-order valence-electron chi connectivity index (χ4n) is 1.54. The molecule has 0 aliphatic carbocycles. The van der Waals surface area contributed by atoms with Crippen molar-refractivity contribution < 1.29 is 4.52 Å². The number of aryl methyl sites for hydroxylation is 1. The highest BCUT2D eigenvalue weighted by molar-refractivity contribution is 5.46. The van der Waals surface area contributed by atoms with Crippen molar-refractivity contribution in [1.82, 2.24) is 20.1 Å². The molecule has 0 fully saturated rings. The van der Waals surface area contributed by atoms with E-state index in [4.69, 9.17) is 4.52 Å². The maximum Gasteiger partial charge on any atom is 0.228 e. The van der Waals surface area contributed by atoms with Gasteiger partial charge in [-0.15, -0.1) is 0 Å². The third-order valence-corrected chi connectivity index (χ3v) is 2.54. The average molecular weight is 262 g/mol. The second-order valence-corrected chi connectivity index (χ2v) is 4.16. The van der Waals surface area contributed by atoms with E-state index in [1.807, 2.05) is 6.92 Å². The third kappa shape index (κ3) is 3.90. The molecule has 2 aromatic heterocycles. The SMILES string of the molecule is CCCNc1ncc(C)c(NCCc2ncno2)n1. The highest BCUT2D eigenvalue weighted by atomic mass is 16.5. The molecule has 0 unspecified atom stereocenters. The number of hydrogen-bond donors (Lipinski definition) is 2. The van der Waals surface area contributed by atoms with Gasteiger partial charge in [-0.2, -0.15) is 9.97 Å². The molecule has 0 saturated carbocycles. The summed E-state index contributed by atoms with van der Waals surface area (Å²) in [7, 11) is 0. The van der Waals surface area contributed by atoms with E-state index in [-0.39, 0.29) is 0 Å². The summed E-state index contributed by atoms with van der Waals surface area (Å²) in [5, 5.41) is 9.98. The molecule has 0 amide bonds. The molecule has 0 spiro atoms. The Balaban J connectivity index is 1.90. The molecule has 2 heterocycles. The molecule has 7 heteroatoms. The Kier molecular flexibility index (Phi) is 4.66. The van der Waals surface area contributed by atoms with Crippen LogP contribution in [-0.2, 0) is 6.42 Å². The first-order chi connectivity index (χ1) is 9.29. The van der Waals surface area contributed by atoms with E-state index in [1.54, 1.807) is 6.20 Å². The first-order valence-electron chi connectivity index (χ1n) is 6.36. The molecule has 19 heavy (non-hydrogen) atoms.